The molecular formula is C10H16N2O3S2. The maximum absolute atomic E-state index is 11.7. The van der Waals surface area contributed by atoms with Gasteiger partial charge in [0.1, 0.15) is 4.21 Å². The third-order valence-electron chi connectivity index (χ3n) is 2.29. The summed E-state index contributed by atoms with van der Waals surface area (Å²) in [5.41, 5.74) is 0. The molecule has 0 spiro atoms. The molecule has 0 aromatic carbocycles. The van der Waals surface area contributed by atoms with E-state index in [1.54, 1.807) is 16.3 Å². The molecule has 1 aromatic rings. The van der Waals surface area contributed by atoms with Crippen molar-refractivity contribution in [1.29, 1.82) is 0 Å². The molecule has 0 aliphatic carbocycles. The summed E-state index contributed by atoms with van der Waals surface area (Å²) in [5, 5.41) is 1.68. The summed E-state index contributed by atoms with van der Waals surface area (Å²) >= 11 is 1.13. The van der Waals surface area contributed by atoms with Crippen molar-refractivity contribution < 1.29 is 13.2 Å². The molecule has 1 amide bonds. The summed E-state index contributed by atoms with van der Waals surface area (Å²) in [4.78, 5) is 13.2. The number of likely N-dealkylation sites (N-methyl/N-ethyl adjacent to an activating group) is 1. The molecule has 1 aromatic heterocycles. The number of amides is 1. The molecule has 0 saturated carbocycles. The van der Waals surface area contributed by atoms with Crippen LogP contribution in [-0.2, 0) is 14.8 Å². The lowest BCUT2D eigenvalue weighted by Gasteiger charge is -2.18. The number of thiophene rings is 1. The Morgan fingerprint density at radius 1 is 1.41 bits per heavy atom. The van der Waals surface area contributed by atoms with Crippen molar-refractivity contribution in [1.82, 2.24) is 9.62 Å². The minimum absolute atomic E-state index is 0.193. The number of sulfonamides is 1. The van der Waals surface area contributed by atoms with Gasteiger partial charge >= 0.3 is 0 Å². The Labute approximate surface area is 105 Å². The van der Waals surface area contributed by atoms with Crippen molar-refractivity contribution in [3.8, 4) is 0 Å². The highest BCUT2D eigenvalue weighted by Crippen LogP contribution is 2.14. The maximum atomic E-state index is 11.7. The number of nitrogens with zero attached hydrogens (tertiary/aromatic N) is 1. The zero-order chi connectivity index (χ0) is 12.9. The molecule has 0 saturated heterocycles. The van der Waals surface area contributed by atoms with Crippen molar-refractivity contribution in [2.24, 2.45) is 0 Å². The van der Waals surface area contributed by atoms with Gasteiger partial charge in [-0.3, -0.25) is 4.79 Å². The van der Waals surface area contributed by atoms with Crippen molar-refractivity contribution in [3.05, 3.63) is 17.5 Å². The minimum Gasteiger partial charge on any atom is -0.342 e. The van der Waals surface area contributed by atoms with Gasteiger partial charge in [-0.2, -0.15) is 0 Å². The minimum atomic E-state index is -3.54. The van der Waals surface area contributed by atoms with Gasteiger partial charge in [0, 0.05) is 13.1 Å². The summed E-state index contributed by atoms with van der Waals surface area (Å²) in [5.74, 6) is -0.213. The number of carbonyl (C=O) groups is 1. The van der Waals surface area contributed by atoms with Gasteiger partial charge in [0.2, 0.25) is 5.91 Å². The van der Waals surface area contributed by atoms with Gasteiger partial charge in [-0.05, 0) is 25.3 Å². The fraction of sp³-hybridized carbons (Fsp3) is 0.500. The van der Waals surface area contributed by atoms with E-state index in [-0.39, 0.29) is 16.7 Å². The van der Waals surface area contributed by atoms with E-state index in [1.165, 1.54) is 6.07 Å². The Morgan fingerprint density at radius 2 is 2.06 bits per heavy atom. The predicted molar refractivity (Wildman–Crippen MR) is 67.4 cm³/mol. The summed E-state index contributed by atoms with van der Waals surface area (Å²) in [6.07, 6.45) is 0. The highest BCUT2D eigenvalue weighted by Gasteiger charge is 2.18. The lowest BCUT2D eigenvalue weighted by atomic mass is 10.4. The van der Waals surface area contributed by atoms with E-state index < -0.39 is 10.0 Å². The highest BCUT2D eigenvalue weighted by molar-refractivity contribution is 7.91. The molecular weight excluding hydrogens is 260 g/mol. The molecule has 0 aliphatic rings. The first-order valence-corrected chi connectivity index (χ1v) is 7.68. The SMILES string of the molecule is CCN(CC)C(=O)CNS(=O)(=O)c1cccs1. The average molecular weight is 276 g/mol. The van der Waals surface area contributed by atoms with Gasteiger partial charge in [-0.1, -0.05) is 6.07 Å². The summed E-state index contributed by atoms with van der Waals surface area (Å²) < 4.78 is 26.0. The standard InChI is InChI=1S/C10H16N2O3S2/c1-3-12(4-2)9(13)8-11-17(14,15)10-6-5-7-16-10/h5-7,11H,3-4,8H2,1-2H3. The van der Waals surface area contributed by atoms with Gasteiger partial charge in [-0.25, -0.2) is 13.1 Å². The van der Waals surface area contributed by atoms with Crippen LogP contribution in [0, 0.1) is 0 Å². The fourth-order valence-electron chi connectivity index (χ4n) is 1.33. The van der Waals surface area contributed by atoms with Gasteiger partial charge in [-0.15, -0.1) is 11.3 Å². The topological polar surface area (TPSA) is 66.5 Å². The third-order valence-corrected chi connectivity index (χ3v) is 5.09. The molecule has 5 nitrogen and oxygen atoms in total. The van der Waals surface area contributed by atoms with Gasteiger partial charge in [0.25, 0.3) is 10.0 Å². The normalized spacial score (nSPS) is 11.4. The van der Waals surface area contributed by atoms with Crippen molar-refractivity contribution >= 4 is 27.3 Å². The molecule has 1 rings (SSSR count). The Balaban J connectivity index is 2.60. The molecule has 96 valence electrons. The molecule has 0 bridgehead atoms. The van der Waals surface area contributed by atoms with Crippen LogP contribution in [0.2, 0.25) is 0 Å². The van der Waals surface area contributed by atoms with Crippen LogP contribution in [0.4, 0.5) is 0 Å². The van der Waals surface area contributed by atoms with Gasteiger partial charge < -0.3 is 4.90 Å². The lowest BCUT2D eigenvalue weighted by molar-refractivity contribution is -0.129. The monoisotopic (exact) mass is 276 g/mol. The Kier molecular flexibility index (Phi) is 5.10. The smallest absolute Gasteiger partial charge is 0.250 e. The molecule has 17 heavy (non-hydrogen) atoms. The molecule has 1 N–H and O–H groups in total. The van der Waals surface area contributed by atoms with Crippen LogP contribution >= 0.6 is 11.3 Å². The van der Waals surface area contributed by atoms with E-state index in [0.717, 1.165) is 11.3 Å². The van der Waals surface area contributed by atoms with E-state index in [9.17, 15) is 13.2 Å². The Morgan fingerprint density at radius 3 is 2.53 bits per heavy atom. The summed E-state index contributed by atoms with van der Waals surface area (Å²) in [7, 11) is -3.54. The van der Waals surface area contributed by atoms with Crippen molar-refractivity contribution in [3.63, 3.8) is 0 Å². The van der Waals surface area contributed by atoms with E-state index in [0.29, 0.717) is 13.1 Å². The van der Waals surface area contributed by atoms with Gasteiger partial charge in [0.15, 0.2) is 0 Å². The predicted octanol–water partition coefficient (Wildman–Crippen LogP) is 0.895. The molecule has 0 fully saturated rings. The second-order valence-corrected chi connectivity index (χ2v) is 6.26. The number of rotatable bonds is 6. The van der Waals surface area contributed by atoms with E-state index in [4.69, 9.17) is 0 Å². The number of carbonyl (C=O) groups excluding carboxylic acids is 1. The number of nitrogens with one attached hydrogen (secondary N) is 1. The first-order chi connectivity index (χ1) is 8.01. The van der Waals surface area contributed by atoms with Crippen LogP contribution in [-0.4, -0.2) is 38.9 Å². The van der Waals surface area contributed by atoms with Crippen LogP contribution in [0.15, 0.2) is 21.7 Å². The van der Waals surface area contributed by atoms with Crippen LogP contribution < -0.4 is 4.72 Å². The molecule has 0 aliphatic heterocycles. The molecule has 0 unspecified atom stereocenters. The van der Waals surface area contributed by atoms with Crippen molar-refractivity contribution in [2.75, 3.05) is 19.6 Å². The van der Waals surface area contributed by atoms with E-state index in [1.807, 2.05) is 13.8 Å². The summed E-state index contributed by atoms with van der Waals surface area (Å²) in [6, 6.07) is 3.17. The highest BCUT2D eigenvalue weighted by atomic mass is 32.2. The summed E-state index contributed by atoms with van der Waals surface area (Å²) in [6.45, 7) is 4.68. The molecule has 1 heterocycles. The first kappa shape index (κ1) is 14.1. The largest absolute Gasteiger partial charge is 0.342 e. The van der Waals surface area contributed by atoms with E-state index >= 15 is 0 Å². The quantitative estimate of drug-likeness (QED) is 0.839. The first-order valence-electron chi connectivity index (χ1n) is 5.32. The Bertz CT molecular complexity index is 450. The lowest BCUT2D eigenvalue weighted by Crippen LogP contribution is -2.39. The third kappa shape index (κ3) is 3.79. The molecule has 0 atom stereocenters. The second kappa shape index (κ2) is 6.13. The zero-order valence-electron chi connectivity index (χ0n) is 9.84. The Hall–Kier alpha value is -0.920. The number of hydrogen-bond donors (Lipinski definition) is 1. The fourth-order valence-corrected chi connectivity index (χ4v) is 3.34. The van der Waals surface area contributed by atoms with Crippen LogP contribution in [0.25, 0.3) is 0 Å². The maximum Gasteiger partial charge on any atom is 0.250 e. The average Bonchev–Trinajstić information content (AvgIpc) is 2.82. The van der Waals surface area contributed by atoms with Crippen LogP contribution in [0.3, 0.4) is 0 Å². The second-order valence-electron chi connectivity index (χ2n) is 3.32. The number of hydrogen-bond acceptors (Lipinski definition) is 4. The zero-order valence-corrected chi connectivity index (χ0v) is 11.5. The molecule has 0 radical (unpaired) electrons. The van der Waals surface area contributed by atoms with Crippen LogP contribution in [0.5, 0.6) is 0 Å². The van der Waals surface area contributed by atoms with Crippen LogP contribution in [0.1, 0.15) is 13.8 Å². The van der Waals surface area contributed by atoms with E-state index in [2.05, 4.69) is 4.72 Å². The van der Waals surface area contributed by atoms with Gasteiger partial charge in [0.05, 0.1) is 6.54 Å². The van der Waals surface area contributed by atoms with Crippen molar-refractivity contribution in [2.45, 2.75) is 18.1 Å². The molecule has 7 heteroatoms.